The third kappa shape index (κ3) is 4.69. The Kier molecular flexibility index (Phi) is 6.13. The number of rotatable bonds is 5. The van der Waals surface area contributed by atoms with Crippen molar-refractivity contribution in [2.45, 2.75) is 27.1 Å². The van der Waals surface area contributed by atoms with E-state index in [1.165, 1.54) is 0 Å². The molecule has 7 nitrogen and oxygen atoms in total. The summed E-state index contributed by atoms with van der Waals surface area (Å²) in [6, 6.07) is 9.36. The van der Waals surface area contributed by atoms with Crippen LogP contribution in [0.4, 0.5) is 0 Å². The van der Waals surface area contributed by atoms with Gasteiger partial charge in [-0.05, 0) is 43.7 Å². The molecule has 3 aromatic rings. The van der Waals surface area contributed by atoms with E-state index >= 15 is 0 Å². The molecule has 2 aromatic heterocycles. The van der Waals surface area contributed by atoms with E-state index in [0.717, 1.165) is 36.6 Å². The fourth-order valence-corrected chi connectivity index (χ4v) is 4.14. The summed E-state index contributed by atoms with van der Waals surface area (Å²) in [6.45, 7) is 8.10. The summed E-state index contributed by atoms with van der Waals surface area (Å²) in [5, 5.41) is 10.2. The number of aryl methyl sites for hydroxylation is 2. The van der Waals surface area contributed by atoms with Crippen molar-refractivity contribution < 1.29 is 4.79 Å². The van der Waals surface area contributed by atoms with Crippen LogP contribution in [-0.4, -0.2) is 61.4 Å². The first-order valence-electron chi connectivity index (χ1n) is 9.89. The van der Waals surface area contributed by atoms with E-state index in [2.05, 4.69) is 15.1 Å². The fourth-order valence-electron chi connectivity index (χ4n) is 3.67. The number of hydrogen-bond acceptors (Lipinski definition) is 4. The van der Waals surface area contributed by atoms with E-state index in [1.54, 1.807) is 16.8 Å². The second-order valence-corrected chi connectivity index (χ2v) is 8.46. The Morgan fingerprint density at radius 2 is 1.80 bits per heavy atom. The first-order valence-corrected chi connectivity index (χ1v) is 10.6. The minimum Gasteiger partial charge on any atom is -0.335 e. The van der Waals surface area contributed by atoms with Gasteiger partial charge in [0.15, 0.2) is 0 Å². The van der Waals surface area contributed by atoms with Gasteiger partial charge in [0.2, 0.25) is 0 Å². The van der Waals surface area contributed by atoms with Gasteiger partial charge >= 0.3 is 0 Å². The lowest BCUT2D eigenvalue weighted by Crippen LogP contribution is -2.48. The lowest BCUT2D eigenvalue weighted by molar-refractivity contribution is 0.0621. The quantitative estimate of drug-likeness (QED) is 0.601. The average Bonchev–Trinajstić information content (AvgIpc) is 3.30. The van der Waals surface area contributed by atoms with Gasteiger partial charge in [0.05, 0.1) is 5.69 Å². The zero-order valence-electron chi connectivity index (χ0n) is 17.1. The molecule has 1 aliphatic rings. The highest BCUT2D eigenvalue weighted by Crippen LogP contribution is 2.23. The predicted octanol–water partition coefficient (Wildman–Crippen LogP) is 3.47. The Hall–Kier alpha value is -2.35. The molecule has 1 amide bonds. The Bertz CT molecular complexity index is 1050. The monoisotopic (exact) mass is 446 g/mol. The van der Waals surface area contributed by atoms with Crippen molar-refractivity contribution in [1.29, 1.82) is 0 Å². The smallest absolute Gasteiger partial charge is 0.274 e. The van der Waals surface area contributed by atoms with Gasteiger partial charge in [-0.3, -0.25) is 14.4 Å². The standard InChI is InChI=1S/C21H24Cl2N6O/c1-15-11-16(2)29(24-15)14-28-6-5-20(25-28)21(30)27-9-7-26(8-10-27)13-17-3-4-18(22)12-19(17)23/h3-6,11-12H,7-10,13-14H2,1-2H3. The molecule has 0 saturated carbocycles. The molecule has 1 saturated heterocycles. The van der Waals surface area contributed by atoms with Gasteiger partial charge in [-0.25, -0.2) is 4.68 Å². The fraction of sp³-hybridized carbons (Fsp3) is 0.381. The van der Waals surface area contributed by atoms with E-state index in [-0.39, 0.29) is 5.91 Å². The van der Waals surface area contributed by atoms with E-state index in [0.29, 0.717) is 35.5 Å². The van der Waals surface area contributed by atoms with Crippen LogP contribution >= 0.6 is 23.2 Å². The van der Waals surface area contributed by atoms with Crippen LogP contribution in [-0.2, 0) is 13.2 Å². The average molecular weight is 447 g/mol. The van der Waals surface area contributed by atoms with Crippen molar-refractivity contribution in [1.82, 2.24) is 29.4 Å². The summed E-state index contributed by atoms with van der Waals surface area (Å²) < 4.78 is 3.61. The highest BCUT2D eigenvalue weighted by atomic mass is 35.5. The van der Waals surface area contributed by atoms with Gasteiger partial charge in [0.1, 0.15) is 12.4 Å². The first-order chi connectivity index (χ1) is 14.4. The summed E-state index contributed by atoms with van der Waals surface area (Å²) in [6.07, 6.45) is 1.82. The largest absolute Gasteiger partial charge is 0.335 e. The van der Waals surface area contributed by atoms with Crippen LogP contribution in [0.5, 0.6) is 0 Å². The second-order valence-electron chi connectivity index (χ2n) is 7.61. The van der Waals surface area contributed by atoms with Crippen molar-refractivity contribution in [3.63, 3.8) is 0 Å². The molecule has 0 aliphatic carbocycles. The van der Waals surface area contributed by atoms with Crippen LogP contribution in [0.1, 0.15) is 27.4 Å². The summed E-state index contributed by atoms with van der Waals surface area (Å²) in [7, 11) is 0. The molecule has 30 heavy (non-hydrogen) atoms. The number of aromatic nitrogens is 4. The zero-order chi connectivity index (χ0) is 21.3. The van der Waals surface area contributed by atoms with Gasteiger partial charge in [-0.1, -0.05) is 29.3 Å². The van der Waals surface area contributed by atoms with Crippen molar-refractivity contribution in [3.8, 4) is 0 Å². The van der Waals surface area contributed by atoms with Crippen LogP contribution in [0.3, 0.4) is 0 Å². The molecule has 9 heteroatoms. The van der Waals surface area contributed by atoms with Crippen LogP contribution in [0.15, 0.2) is 36.5 Å². The number of hydrogen-bond donors (Lipinski definition) is 0. The number of benzene rings is 1. The van der Waals surface area contributed by atoms with E-state index in [4.69, 9.17) is 23.2 Å². The third-order valence-electron chi connectivity index (χ3n) is 5.31. The number of amides is 1. The van der Waals surface area contributed by atoms with Gasteiger partial charge in [-0.15, -0.1) is 0 Å². The van der Waals surface area contributed by atoms with E-state index in [1.807, 2.05) is 47.8 Å². The maximum absolute atomic E-state index is 12.9. The minimum atomic E-state index is -0.0358. The van der Waals surface area contributed by atoms with Gasteiger partial charge in [-0.2, -0.15) is 10.2 Å². The van der Waals surface area contributed by atoms with Crippen LogP contribution in [0.25, 0.3) is 0 Å². The SMILES string of the molecule is Cc1cc(C)n(Cn2ccc(C(=O)N3CCN(Cc4ccc(Cl)cc4Cl)CC3)n2)n1. The van der Waals surface area contributed by atoms with Crippen LogP contribution in [0, 0.1) is 13.8 Å². The normalized spacial score (nSPS) is 15.0. The van der Waals surface area contributed by atoms with Gasteiger partial charge in [0.25, 0.3) is 5.91 Å². The zero-order valence-corrected chi connectivity index (χ0v) is 18.6. The molecule has 0 N–H and O–H groups in total. The minimum absolute atomic E-state index is 0.0358. The molecule has 0 spiro atoms. The Morgan fingerprint density at radius 3 is 2.47 bits per heavy atom. The lowest BCUT2D eigenvalue weighted by Gasteiger charge is -2.34. The molecule has 0 atom stereocenters. The topological polar surface area (TPSA) is 59.2 Å². The number of halogens is 2. The summed E-state index contributed by atoms with van der Waals surface area (Å²) >= 11 is 12.3. The maximum Gasteiger partial charge on any atom is 0.274 e. The Morgan fingerprint density at radius 1 is 1.03 bits per heavy atom. The summed E-state index contributed by atoms with van der Waals surface area (Å²) in [4.78, 5) is 17.0. The van der Waals surface area contributed by atoms with Gasteiger partial charge < -0.3 is 4.90 Å². The lowest BCUT2D eigenvalue weighted by atomic mass is 10.2. The molecular formula is C21H24Cl2N6O. The Balaban J connectivity index is 1.33. The molecule has 0 unspecified atom stereocenters. The molecule has 0 radical (unpaired) electrons. The summed E-state index contributed by atoms with van der Waals surface area (Å²) in [5.41, 5.74) is 3.54. The maximum atomic E-state index is 12.9. The third-order valence-corrected chi connectivity index (χ3v) is 5.90. The molecule has 158 valence electrons. The molecule has 3 heterocycles. The molecule has 1 aromatic carbocycles. The highest BCUT2D eigenvalue weighted by molar-refractivity contribution is 6.35. The summed E-state index contributed by atoms with van der Waals surface area (Å²) in [5.74, 6) is -0.0358. The van der Waals surface area contributed by atoms with Crippen molar-refractivity contribution in [2.75, 3.05) is 26.2 Å². The Labute approximate surface area is 185 Å². The van der Waals surface area contributed by atoms with Crippen molar-refractivity contribution in [2.24, 2.45) is 0 Å². The second kappa shape index (κ2) is 8.79. The molecule has 0 bridgehead atoms. The van der Waals surface area contributed by atoms with Gasteiger partial charge in [0, 0.05) is 54.7 Å². The molecule has 4 rings (SSSR count). The number of nitrogens with zero attached hydrogens (tertiary/aromatic N) is 6. The first kappa shape index (κ1) is 20.9. The molecular weight excluding hydrogens is 423 g/mol. The van der Waals surface area contributed by atoms with E-state index < -0.39 is 0 Å². The predicted molar refractivity (Wildman–Crippen MR) is 117 cm³/mol. The number of carbonyl (C=O) groups excluding carboxylic acids is 1. The number of piperazine rings is 1. The van der Waals surface area contributed by atoms with Crippen molar-refractivity contribution >= 4 is 29.1 Å². The highest BCUT2D eigenvalue weighted by Gasteiger charge is 2.24. The van der Waals surface area contributed by atoms with E-state index in [9.17, 15) is 4.79 Å². The van der Waals surface area contributed by atoms with Crippen LogP contribution < -0.4 is 0 Å². The molecule has 1 aliphatic heterocycles. The number of carbonyl (C=O) groups is 1. The molecule has 1 fully saturated rings. The van der Waals surface area contributed by atoms with Crippen LogP contribution in [0.2, 0.25) is 10.0 Å². The van der Waals surface area contributed by atoms with Crippen molar-refractivity contribution in [3.05, 3.63) is 69.2 Å².